The largest absolute Gasteiger partial charge is 0.492 e. The Morgan fingerprint density at radius 2 is 1.61 bits per heavy atom. The predicted octanol–water partition coefficient (Wildman–Crippen LogP) is 4.08. The molecule has 1 aliphatic rings. The Balaban J connectivity index is 1.72. The summed E-state index contributed by atoms with van der Waals surface area (Å²) in [4.78, 5) is 10.3. The number of non-ortho nitro benzene ring substituents is 1. The van der Waals surface area contributed by atoms with Crippen LogP contribution in [-0.4, -0.2) is 26.0 Å². The van der Waals surface area contributed by atoms with Crippen molar-refractivity contribution in [1.82, 2.24) is 4.72 Å². The third-order valence-corrected chi connectivity index (χ3v) is 6.93. The van der Waals surface area contributed by atoms with Crippen LogP contribution >= 0.6 is 0 Å². The van der Waals surface area contributed by atoms with E-state index in [4.69, 9.17) is 4.74 Å². The predicted molar refractivity (Wildman–Crippen MR) is 117 cm³/mol. The van der Waals surface area contributed by atoms with E-state index < -0.39 is 21.0 Å². The number of nitro groups is 1. The number of nitro benzene ring substituents is 1. The highest BCUT2D eigenvalue weighted by atomic mass is 32.2. The molecule has 0 spiro atoms. The van der Waals surface area contributed by atoms with E-state index in [0.717, 1.165) is 28.0 Å². The molecule has 31 heavy (non-hydrogen) atoms. The lowest BCUT2D eigenvalue weighted by molar-refractivity contribution is -0.384. The summed E-state index contributed by atoms with van der Waals surface area (Å²) in [6.07, 6.45) is 0. The van der Waals surface area contributed by atoms with E-state index in [-0.39, 0.29) is 23.1 Å². The minimum atomic E-state index is -3.92. The Labute approximate surface area is 180 Å². The van der Waals surface area contributed by atoms with Gasteiger partial charge < -0.3 is 4.74 Å². The highest BCUT2D eigenvalue weighted by Gasteiger charge is 2.35. The fourth-order valence-corrected chi connectivity index (χ4v) is 5.07. The van der Waals surface area contributed by atoms with Gasteiger partial charge in [-0.05, 0) is 37.6 Å². The Kier molecular flexibility index (Phi) is 5.51. The molecule has 1 aliphatic heterocycles. The Morgan fingerprint density at radius 3 is 2.26 bits per heavy atom. The van der Waals surface area contributed by atoms with E-state index in [1.807, 2.05) is 56.3 Å². The molecular formula is C23H22N2O5S. The monoisotopic (exact) mass is 438 g/mol. The number of hydrogen-bond acceptors (Lipinski definition) is 5. The van der Waals surface area contributed by atoms with Crippen LogP contribution in [0.1, 0.15) is 28.2 Å². The number of hydrogen-bond donors (Lipinski definition) is 1. The first-order valence-electron chi connectivity index (χ1n) is 9.81. The van der Waals surface area contributed by atoms with E-state index in [1.54, 1.807) is 0 Å². The van der Waals surface area contributed by atoms with Gasteiger partial charge in [0.25, 0.3) is 5.69 Å². The van der Waals surface area contributed by atoms with Crippen LogP contribution in [0.5, 0.6) is 5.75 Å². The maximum atomic E-state index is 13.1. The number of nitrogens with zero attached hydrogens (tertiary/aromatic N) is 1. The molecule has 3 aromatic carbocycles. The van der Waals surface area contributed by atoms with Gasteiger partial charge in [-0.25, -0.2) is 13.1 Å². The third-order valence-electron chi connectivity index (χ3n) is 5.42. The standard InChI is InChI=1S/C23H22N2O5S/c1-15-3-6-17(7-4-15)23-20-13-16(2)5-12-22(20)30-14-21(23)24-31(28,29)19-10-8-18(9-11-19)25(26)27/h3-13,21,23-24H,14H2,1-2H3/t21-,23-/m1/s1. The van der Waals surface area contributed by atoms with Gasteiger partial charge in [-0.2, -0.15) is 0 Å². The first kappa shape index (κ1) is 21.0. The molecule has 0 aliphatic carbocycles. The molecule has 1 N–H and O–H groups in total. The summed E-state index contributed by atoms with van der Waals surface area (Å²) >= 11 is 0. The number of ether oxygens (including phenoxy) is 1. The Hall–Kier alpha value is -3.23. The van der Waals surface area contributed by atoms with Crippen LogP contribution in [0.3, 0.4) is 0 Å². The lowest BCUT2D eigenvalue weighted by Crippen LogP contribution is -2.45. The van der Waals surface area contributed by atoms with Gasteiger partial charge in [-0.1, -0.05) is 47.5 Å². The third kappa shape index (κ3) is 4.30. The average molecular weight is 439 g/mol. The van der Waals surface area contributed by atoms with Crippen LogP contribution < -0.4 is 9.46 Å². The zero-order valence-electron chi connectivity index (χ0n) is 17.1. The lowest BCUT2D eigenvalue weighted by atomic mass is 9.83. The SMILES string of the molecule is Cc1ccc([C@@H]2c3cc(C)ccc3OC[C@H]2NS(=O)(=O)c2ccc([N+](=O)[O-])cc2)cc1. The van der Waals surface area contributed by atoms with E-state index in [9.17, 15) is 18.5 Å². The number of nitrogens with one attached hydrogen (secondary N) is 1. The second-order valence-corrected chi connectivity index (χ2v) is 9.43. The number of fused-ring (bicyclic) bond motifs is 1. The summed E-state index contributed by atoms with van der Waals surface area (Å²) < 4.78 is 34.8. The van der Waals surface area contributed by atoms with Crippen molar-refractivity contribution in [2.45, 2.75) is 30.7 Å². The first-order chi connectivity index (χ1) is 14.7. The normalized spacial score (nSPS) is 18.1. The molecule has 3 aromatic rings. The van der Waals surface area contributed by atoms with E-state index in [1.165, 1.54) is 24.3 Å². The smallest absolute Gasteiger partial charge is 0.269 e. The molecule has 0 unspecified atom stereocenters. The first-order valence-corrected chi connectivity index (χ1v) is 11.3. The molecular weight excluding hydrogens is 416 g/mol. The van der Waals surface area contributed by atoms with Crippen molar-refractivity contribution >= 4 is 15.7 Å². The van der Waals surface area contributed by atoms with E-state index >= 15 is 0 Å². The molecule has 1 heterocycles. The Bertz CT molecular complexity index is 1220. The summed E-state index contributed by atoms with van der Waals surface area (Å²) in [5.41, 5.74) is 3.91. The van der Waals surface area contributed by atoms with Crippen LogP contribution in [0.15, 0.2) is 71.6 Å². The molecule has 0 aromatic heterocycles. The van der Waals surface area contributed by atoms with Crippen molar-refractivity contribution in [2.75, 3.05) is 6.61 Å². The summed E-state index contributed by atoms with van der Waals surface area (Å²) in [7, 11) is -3.92. The van der Waals surface area contributed by atoms with Gasteiger partial charge >= 0.3 is 0 Å². The second-order valence-electron chi connectivity index (χ2n) is 7.72. The maximum Gasteiger partial charge on any atom is 0.269 e. The molecule has 0 saturated carbocycles. The molecule has 2 atom stereocenters. The van der Waals surface area contributed by atoms with Crippen molar-refractivity contribution in [3.05, 3.63) is 99.1 Å². The maximum absolute atomic E-state index is 13.1. The highest BCUT2D eigenvalue weighted by molar-refractivity contribution is 7.89. The van der Waals surface area contributed by atoms with Gasteiger partial charge in [-0.15, -0.1) is 0 Å². The average Bonchev–Trinajstić information content (AvgIpc) is 2.74. The zero-order chi connectivity index (χ0) is 22.2. The molecule has 0 radical (unpaired) electrons. The second kappa shape index (κ2) is 8.13. The van der Waals surface area contributed by atoms with Gasteiger partial charge in [0.05, 0.1) is 15.9 Å². The summed E-state index contributed by atoms with van der Waals surface area (Å²) in [5.74, 6) is 0.499. The van der Waals surface area contributed by atoms with Crippen molar-refractivity contribution in [3.8, 4) is 5.75 Å². The van der Waals surface area contributed by atoms with Crippen molar-refractivity contribution in [3.63, 3.8) is 0 Å². The minimum absolute atomic E-state index is 0.0317. The minimum Gasteiger partial charge on any atom is -0.492 e. The van der Waals surface area contributed by atoms with Gasteiger partial charge in [0, 0.05) is 23.6 Å². The summed E-state index contributed by atoms with van der Waals surface area (Å²) in [6, 6.07) is 18.2. The number of benzene rings is 3. The Morgan fingerprint density at radius 1 is 0.968 bits per heavy atom. The summed E-state index contributed by atoms with van der Waals surface area (Å²) in [6.45, 7) is 4.15. The van der Waals surface area contributed by atoms with Crippen LogP contribution in [0, 0.1) is 24.0 Å². The van der Waals surface area contributed by atoms with E-state index in [2.05, 4.69) is 4.72 Å². The van der Waals surface area contributed by atoms with Gasteiger partial charge in [-0.3, -0.25) is 10.1 Å². The number of rotatable bonds is 5. The van der Waals surface area contributed by atoms with Crippen molar-refractivity contribution < 1.29 is 18.1 Å². The van der Waals surface area contributed by atoms with Gasteiger partial charge in [0.2, 0.25) is 10.0 Å². The molecule has 0 saturated heterocycles. The fourth-order valence-electron chi connectivity index (χ4n) is 3.84. The van der Waals surface area contributed by atoms with Gasteiger partial charge in [0.15, 0.2) is 0 Å². The van der Waals surface area contributed by atoms with Gasteiger partial charge in [0.1, 0.15) is 12.4 Å². The molecule has 4 rings (SSSR count). The highest BCUT2D eigenvalue weighted by Crippen LogP contribution is 2.39. The van der Waals surface area contributed by atoms with Crippen molar-refractivity contribution in [1.29, 1.82) is 0 Å². The molecule has 7 nitrogen and oxygen atoms in total. The summed E-state index contributed by atoms with van der Waals surface area (Å²) in [5, 5.41) is 10.9. The van der Waals surface area contributed by atoms with Crippen LogP contribution in [-0.2, 0) is 10.0 Å². The quantitative estimate of drug-likeness (QED) is 0.478. The van der Waals surface area contributed by atoms with Crippen LogP contribution in [0.25, 0.3) is 0 Å². The van der Waals surface area contributed by atoms with Crippen LogP contribution in [0.4, 0.5) is 5.69 Å². The van der Waals surface area contributed by atoms with E-state index in [0.29, 0.717) is 0 Å². The fraction of sp³-hybridized carbons (Fsp3) is 0.217. The molecule has 0 bridgehead atoms. The lowest BCUT2D eigenvalue weighted by Gasteiger charge is -2.34. The number of sulfonamides is 1. The molecule has 160 valence electrons. The zero-order valence-corrected chi connectivity index (χ0v) is 17.9. The topological polar surface area (TPSA) is 98.5 Å². The van der Waals surface area contributed by atoms with Crippen molar-refractivity contribution in [2.24, 2.45) is 0 Å². The van der Waals surface area contributed by atoms with Crippen LogP contribution in [0.2, 0.25) is 0 Å². The number of aryl methyl sites for hydroxylation is 2. The molecule has 8 heteroatoms. The molecule has 0 amide bonds. The molecule has 0 fully saturated rings.